The van der Waals surface area contributed by atoms with Crippen molar-refractivity contribution < 1.29 is 5.11 Å². The number of aromatic nitrogens is 4. The summed E-state index contributed by atoms with van der Waals surface area (Å²) in [6, 6.07) is 27.3. The molecule has 6 rings (SSSR count). The van der Waals surface area contributed by atoms with E-state index in [1.807, 2.05) is 42.5 Å². The van der Waals surface area contributed by atoms with Crippen LogP contribution in [-0.4, -0.2) is 73.8 Å². The van der Waals surface area contributed by atoms with Crippen molar-refractivity contribution in [2.24, 2.45) is 0 Å². The molecular weight excluding hydrogens is 498 g/mol. The third-order valence-corrected chi connectivity index (χ3v) is 7.89. The highest BCUT2D eigenvalue weighted by Gasteiger charge is 2.23. The van der Waals surface area contributed by atoms with E-state index in [0.717, 1.165) is 78.5 Å². The van der Waals surface area contributed by atoms with Gasteiger partial charge >= 0.3 is 0 Å². The Hall–Kier alpha value is -4.11. The zero-order valence-electron chi connectivity index (χ0n) is 22.8. The molecule has 0 unspecified atom stereocenters. The van der Waals surface area contributed by atoms with Gasteiger partial charge in [0.1, 0.15) is 11.3 Å². The normalized spacial score (nSPS) is 14.8. The van der Waals surface area contributed by atoms with Crippen LogP contribution in [-0.2, 0) is 6.54 Å². The van der Waals surface area contributed by atoms with Crippen molar-refractivity contribution in [1.29, 1.82) is 0 Å². The van der Waals surface area contributed by atoms with Crippen molar-refractivity contribution in [1.82, 2.24) is 29.3 Å². The number of likely N-dealkylation sites (tertiary alicyclic amines) is 1. The van der Waals surface area contributed by atoms with Crippen molar-refractivity contribution in [2.75, 3.05) is 39.0 Å². The topological polar surface area (TPSA) is 96.3 Å². The lowest BCUT2D eigenvalue weighted by Gasteiger charge is -2.36. The summed E-state index contributed by atoms with van der Waals surface area (Å²) in [4.78, 5) is 19.1. The largest absolute Gasteiger partial charge is 0.395 e. The number of rotatable bonds is 8. The Balaban J connectivity index is 1.31. The predicted molar refractivity (Wildman–Crippen MR) is 160 cm³/mol. The van der Waals surface area contributed by atoms with E-state index in [4.69, 9.17) is 15.7 Å². The first-order valence-corrected chi connectivity index (χ1v) is 13.9. The lowest BCUT2D eigenvalue weighted by atomic mass is 10.0. The summed E-state index contributed by atoms with van der Waals surface area (Å²) in [5.41, 5.74) is 12.9. The van der Waals surface area contributed by atoms with Gasteiger partial charge in [-0.2, -0.15) is 0 Å². The Morgan fingerprint density at radius 2 is 1.70 bits per heavy atom. The fourth-order valence-corrected chi connectivity index (χ4v) is 5.63. The second-order valence-electron chi connectivity index (χ2n) is 10.5. The number of hydrogen-bond donors (Lipinski definition) is 2. The van der Waals surface area contributed by atoms with Gasteiger partial charge in [-0.05, 0) is 74.9 Å². The number of benzene rings is 2. The number of imidazole rings is 1. The van der Waals surface area contributed by atoms with Crippen LogP contribution in [0.2, 0.25) is 0 Å². The second kappa shape index (κ2) is 11.6. The molecule has 3 N–H and O–H groups in total. The molecule has 0 spiro atoms. The van der Waals surface area contributed by atoms with Crippen LogP contribution in [0.4, 0.5) is 5.82 Å². The molecular formula is C32H35N7O. The highest BCUT2D eigenvalue weighted by Crippen LogP contribution is 2.32. The van der Waals surface area contributed by atoms with Gasteiger partial charge in [-0.25, -0.2) is 15.0 Å². The first kappa shape index (κ1) is 26.1. The van der Waals surface area contributed by atoms with Gasteiger partial charge in [0.05, 0.1) is 17.9 Å². The van der Waals surface area contributed by atoms with Gasteiger partial charge in [0.15, 0.2) is 11.5 Å². The van der Waals surface area contributed by atoms with Crippen LogP contribution < -0.4 is 5.73 Å². The smallest absolute Gasteiger partial charge is 0.165 e. The molecule has 0 bridgehead atoms. The SMILES string of the molecule is CN(CCO)C1CCN(Cc2ccc(-n3c(-c4cccnc4N)nc4ccc(-c5ccccc5)nc43)cc2)CC1. The lowest BCUT2D eigenvalue weighted by molar-refractivity contribution is 0.108. The van der Waals surface area contributed by atoms with Gasteiger partial charge in [0.2, 0.25) is 0 Å². The van der Waals surface area contributed by atoms with E-state index in [0.29, 0.717) is 11.9 Å². The summed E-state index contributed by atoms with van der Waals surface area (Å²) in [5.74, 6) is 1.16. The van der Waals surface area contributed by atoms with Crippen molar-refractivity contribution in [2.45, 2.75) is 25.4 Å². The Morgan fingerprint density at radius 1 is 0.925 bits per heavy atom. The molecule has 0 aliphatic carbocycles. The number of piperidine rings is 1. The fourth-order valence-electron chi connectivity index (χ4n) is 5.63. The molecule has 2 aromatic carbocycles. The van der Waals surface area contributed by atoms with Crippen molar-refractivity contribution in [3.05, 3.63) is 90.6 Å². The Morgan fingerprint density at radius 3 is 2.42 bits per heavy atom. The molecule has 3 aromatic heterocycles. The first-order chi connectivity index (χ1) is 19.6. The highest BCUT2D eigenvalue weighted by molar-refractivity contribution is 5.84. The highest BCUT2D eigenvalue weighted by atomic mass is 16.3. The predicted octanol–water partition coefficient (Wildman–Crippen LogP) is 4.62. The van der Waals surface area contributed by atoms with Crippen LogP contribution in [0.1, 0.15) is 18.4 Å². The molecule has 4 heterocycles. The van der Waals surface area contributed by atoms with E-state index in [1.54, 1.807) is 6.20 Å². The molecule has 0 saturated carbocycles. The summed E-state index contributed by atoms with van der Waals surface area (Å²) in [6.45, 7) is 3.99. The molecule has 204 valence electrons. The Kier molecular flexibility index (Phi) is 7.55. The van der Waals surface area contributed by atoms with Crippen LogP contribution in [0, 0.1) is 0 Å². The minimum atomic E-state index is 0.216. The number of aliphatic hydroxyl groups is 1. The zero-order chi connectivity index (χ0) is 27.5. The maximum Gasteiger partial charge on any atom is 0.165 e. The summed E-state index contributed by atoms with van der Waals surface area (Å²) < 4.78 is 2.08. The number of fused-ring (bicyclic) bond motifs is 1. The first-order valence-electron chi connectivity index (χ1n) is 13.9. The molecule has 1 fully saturated rings. The van der Waals surface area contributed by atoms with E-state index in [-0.39, 0.29) is 6.61 Å². The number of hydrogen-bond acceptors (Lipinski definition) is 7. The Bertz CT molecular complexity index is 1570. The number of anilines is 1. The van der Waals surface area contributed by atoms with E-state index >= 15 is 0 Å². The van der Waals surface area contributed by atoms with Crippen molar-refractivity contribution in [3.63, 3.8) is 0 Å². The monoisotopic (exact) mass is 533 g/mol. The van der Waals surface area contributed by atoms with Gasteiger partial charge in [0, 0.05) is 36.6 Å². The second-order valence-corrected chi connectivity index (χ2v) is 10.5. The van der Waals surface area contributed by atoms with Crippen LogP contribution in [0.3, 0.4) is 0 Å². The van der Waals surface area contributed by atoms with E-state index in [9.17, 15) is 5.11 Å². The van der Waals surface area contributed by atoms with E-state index < -0.39 is 0 Å². The van der Waals surface area contributed by atoms with Gasteiger partial charge in [-0.15, -0.1) is 0 Å². The quantitative estimate of drug-likeness (QED) is 0.300. The third-order valence-electron chi connectivity index (χ3n) is 7.89. The molecule has 40 heavy (non-hydrogen) atoms. The summed E-state index contributed by atoms with van der Waals surface area (Å²) >= 11 is 0. The number of nitrogens with two attached hydrogens (primary N) is 1. The Labute approximate surface area is 234 Å². The number of nitrogens with zero attached hydrogens (tertiary/aromatic N) is 6. The van der Waals surface area contributed by atoms with Crippen molar-refractivity contribution >= 4 is 17.0 Å². The van der Waals surface area contributed by atoms with Crippen molar-refractivity contribution in [3.8, 4) is 28.3 Å². The molecule has 0 atom stereocenters. The summed E-state index contributed by atoms with van der Waals surface area (Å²) in [5, 5.41) is 9.25. The van der Waals surface area contributed by atoms with Gasteiger partial charge in [-0.3, -0.25) is 9.47 Å². The molecule has 1 aliphatic rings. The molecule has 0 amide bonds. The number of aliphatic hydroxyl groups excluding tert-OH is 1. The number of pyridine rings is 2. The average Bonchev–Trinajstić information content (AvgIpc) is 3.37. The van der Waals surface area contributed by atoms with Crippen LogP contribution >= 0.6 is 0 Å². The number of nitrogen functional groups attached to an aromatic ring is 1. The molecule has 0 radical (unpaired) electrons. The molecule has 1 saturated heterocycles. The maximum absolute atomic E-state index is 9.25. The minimum Gasteiger partial charge on any atom is -0.395 e. The zero-order valence-corrected chi connectivity index (χ0v) is 22.8. The van der Waals surface area contributed by atoms with Crippen LogP contribution in [0.15, 0.2) is 85.1 Å². The fraction of sp³-hybridized carbons (Fsp3) is 0.281. The maximum atomic E-state index is 9.25. The third kappa shape index (κ3) is 5.34. The van der Waals surface area contributed by atoms with Crippen LogP contribution in [0.5, 0.6) is 0 Å². The van der Waals surface area contributed by atoms with Gasteiger partial charge < -0.3 is 15.7 Å². The average molecular weight is 534 g/mol. The minimum absolute atomic E-state index is 0.216. The van der Waals surface area contributed by atoms with E-state index in [1.165, 1.54) is 5.56 Å². The summed E-state index contributed by atoms with van der Waals surface area (Å²) in [7, 11) is 2.11. The van der Waals surface area contributed by atoms with Gasteiger partial charge in [0.25, 0.3) is 0 Å². The lowest BCUT2D eigenvalue weighted by Crippen LogP contribution is -2.43. The molecule has 1 aliphatic heterocycles. The number of likely N-dealkylation sites (N-methyl/N-ethyl adjacent to an activating group) is 1. The van der Waals surface area contributed by atoms with Crippen LogP contribution in [0.25, 0.3) is 39.5 Å². The molecule has 8 heteroatoms. The molecule has 5 aromatic rings. The molecule has 8 nitrogen and oxygen atoms in total. The van der Waals surface area contributed by atoms with E-state index in [2.05, 4.69) is 62.8 Å². The van der Waals surface area contributed by atoms with Gasteiger partial charge in [-0.1, -0.05) is 42.5 Å². The summed E-state index contributed by atoms with van der Waals surface area (Å²) in [6.07, 6.45) is 3.95. The standard InChI is InChI=1S/C32H35N7O/c1-37(20-21-40)25-15-18-38(19-16-25)22-23-9-11-26(12-10-23)39-31(27-8-5-17-34-30(27)33)36-29-14-13-28(35-32(29)39)24-6-3-2-4-7-24/h2-14,17,25,40H,15-16,18-22H2,1H3,(H2,33,34).